The average molecular weight is 367 g/mol. The van der Waals surface area contributed by atoms with Crippen LogP contribution in [0.4, 0.5) is 0 Å². The molecule has 1 atom stereocenters. The van der Waals surface area contributed by atoms with E-state index in [0.29, 0.717) is 6.54 Å². The zero-order valence-corrected chi connectivity index (χ0v) is 15.7. The maximum Gasteiger partial charge on any atom is 0.239 e. The van der Waals surface area contributed by atoms with Crippen LogP contribution in [0.3, 0.4) is 0 Å². The first kappa shape index (κ1) is 21.0. The summed E-state index contributed by atoms with van der Waals surface area (Å²) in [5, 5.41) is 6.58. The second-order valence-electron chi connectivity index (χ2n) is 6.36. The number of aromatic amines is 1. The normalized spacial score (nSPS) is 11.9. The summed E-state index contributed by atoms with van der Waals surface area (Å²) in [4.78, 5) is 26.9. The fourth-order valence-electron chi connectivity index (χ4n) is 2.63. The van der Waals surface area contributed by atoms with Gasteiger partial charge in [-0.3, -0.25) is 9.59 Å². The number of halogens is 1. The van der Waals surface area contributed by atoms with Crippen molar-refractivity contribution in [3.63, 3.8) is 0 Å². The Hall–Kier alpha value is -2.05. The molecule has 1 aromatic heterocycles. The Kier molecular flexibility index (Phi) is 7.93. The Labute approximate surface area is 154 Å². The number of fused-ring (bicyclic) bond motifs is 1. The Morgan fingerprint density at radius 2 is 1.88 bits per heavy atom. The molecule has 1 aromatic carbocycles. The number of hydrogen-bond donors (Lipinski definition) is 4. The van der Waals surface area contributed by atoms with E-state index in [1.54, 1.807) is 0 Å². The predicted molar refractivity (Wildman–Crippen MR) is 103 cm³/mol. The van der Waals surface area contributed by atoms with Crippen molar-refractivity contribution in [2.45, 2.75) is 33.2 Å². The van der Waals surface area contributed by atoms with Gasteiger partial charge < -0.3 is 21.4 Å². The molecule has 6 nitrogen and oxygen atoms in total. The summed E-state index contributed by atoms with van der Waals surface area (Å²) in [7, 11) is 0. The maximum atomic E-state index is 11.8. The van der Waals surface area contributed by atoms with Crippen LogP contribution in [0.5, 0.6) is 0 Å². The fraction of sp³-hybridized carbons (Fsp3) is 0.444. The molecule has 0 spiro atoms. The molecule has 0 bridgehead atoms. The minimum Gasteiger partial charge on any atom is -0.358 e. The number of carbonyl (C=O) groups is 2. The van der Waals surface area contributed by atoms with Crippen molar-refractivity contribution in [2.75, 3.05) is 13.1 Å². The standard InChI is InChI=1S/C18H26N4O2.ClH/c1-11(2)17(19)18(24)21-10-16(23)20-9-8-13-12(3)22-15-7-5-4-6-14(13)15;/h4-7,11,17,22H,8-10,19H2,1-3H3,(H,20,23)(H,21,24);1H/t17-;/m0./s1. The van der Waals surface area contributed by atoms with Gasteiger partial charge >= 0.3 is 0 Å². The maximum absolute atomic E-state index is 11.8. The number of rotatable bonds is 7. The molecule has 5 N–H and O–H groups in total. The lowest BCUT2D eigenvalue weighted by molar-refractivity contribution is -0.127. The van der Waals surface area contributed by atoms with E-state index in [1.807, 2.05) is 39.0 Å². The number of H-pyrrole nitrogens is 1. The monoisotopic (exact) mass is 366 g/mol. The summed E-state index contributed by atoms with van der Waals surface area (Å²) < 4.78 is 0. The van der Waals surface area contributed by atoms with Gasteiger partial charge in [0, 0.05) is 23.1 Å². The highest BCUT2D eigenvalue weighted by atomic mass is 35.5. The number of aromatic nitrogens is 1. The van der Waals surface area contributed by atoms with Gasteiger partial charge in [-0.05, 0) is 30.9 Å². The molecule has 0 aliphatic heterocycles. The minimum absolute atomic E-state index is 0. The van der Waals surface area contributed by atoms with Gasteiger partial charge in [0.15, 0.2) is 0 Å². The third-order valence-corrected chi connectivity index (χ3v) is 4.17. The fourth-order valence-corrected chi connectivity index (χ4v) is 2.63. The molecule has 0 aliphatic rings. The lowest BCUT2D eigenvalue weighted by atomic mass is 10.1. The molecule has 0 fully saturated rings. The zero-order chi connectivity index (χ0) is 17.7. The summed E-state index contributed by atoms with van der Waals surface area (Å²) in [5.74, 6) is -0.470. The first-order valence-electron chi connectivity index (χ1n) is 8.26. The Morgan fingerprint density at radius 1 is 1.20 bits per heavy atom. The number of carbonyl (C=O) groups excluding carboxylic acids is 2. The molecule has 0 aliphatic carbocycles. The Balaban J connectivity index is 0.00000312. The first-order valence-corrected chi connectivity index (χ1v) is 8.26. The van der Waals surface area contributed by atoms with Gasteiger partial charge in [-0.2, -0.15) is 0 Å². The van der Waals surface area contributed by atoms with Crippen molar-refractivity contribution < 1.29 is 9.59 Å². The molecule has 0 saturated carbocycles. The van der Waals surface area contributed by atoms with Crippen LogP contribution in [0.25, 0.3) is 10.9 Å². The van der Waals surface area contributed by atoms with E-state index in [4.69, 9.17) is 5.73 Å². The third-order valence-electron chi connectivity index (χ3n) is 4.17. The van der Waals surface area contributed by atoms with Crippen LogP contribution < -0.4 is 16.4 Å². The van der Waals surface area contributed by atoms with Crippen LogP contribution in [-0.4, -0.2) is 35.9 Å². The molecule has 25 heavy (non-hydrogen) atoms. The smallest absolute Gasteiger partial charge is 0.239 e. The molecular weight excluding hydrogens is 340 g/mol. The average Bonchev–Trinajstić information content (AvgIpc) is 2.87. The van der Waals surface area contributed by atoms with Gasteiger partial charge in [0.25, 0.3) is 0 Å². The van der Waals surface area contributed by atoms with Crippen LogP contribution >= 0.6 is 12.4 Å². The number of nitrogens with two attached hydrogens (primary N) is 1. The zero-order valence-electron chi connectivity index (χ0n) is 14.9. The van der Waals surface area contributed by atoms with Gasteiger partial charge in [-0.1, -0.05) is 32.0 Å². The van der Waals surface area contributed by atoms with Gasteiger partial charge in [0.2, 0.25) is 11.8 Å². The molecular formula is C18H27ClN4O2. The number of nitrogens with one attached hydrogen (secondary N) is 3. The van der Waals surface area contributed by atoms with E-state index < -0.39 is 6.04 Å². The van der Waals surface area contributed by atoms with Crippen LogP contribution in [0.15, 0.2) is 24.3 Å². The van der Waals surface area contributed by atoms with Crippen molar-refractivity contribution in [1.82, 2.24) is 15.6 Å². The molecule has 7 heteroatoms. The minimum atomic E-state index is -0.591. The lowest BCUT2D eigenvalue weighted by Crippen LogP contribution is -2.47. The Morgan fingerprint density at radius 3 is 2.56 bits per heavy atom. The van der Waals surface area contributed by atoms with Crippen LogP contribution in [-0.2, 0) is 16.0 Å². The molecule has 138 valence electrons. The molecule has 0 saturated heterocycles. The van der Waals surface area contributed by atoms with Crippen LogP contribution in [0.1, 0.15) is 25.1 Å². The Bertz CT molecular complexity index is 727. The quantitative estimate of drug-likeness (QED) is 0.599. The summed E-state index contributed by atoms with van der Waals surface area (Å²) in [6.07, 6.45) is 0.737. The highest BCUT2D eigenvalue weighted by molar-refractivity contribution is 5.87. The number of para-hydroxylation sites is 1. The highest BCUT2D eigenvalue weighted by Gasteiger charge is 2.17. The van der Waals surface area contributed by atoms with E-state index in [1.165, 1.54) is 10.9 Å². The number of benzene rings is 1. The van der Waals surface area contributed by atoms with Crippen LogP contribution in [0.2, 0.25) is 0 Å². The van der Waals surface area contributed by atoms with E-state index in [0.717, 1.165) is 17.6 Å². The molecule has 2 aromatic rings. The van der Waals surface area contributed by atoms with Crippen molar-refractivity contribution in [1.29, 1.82) is 0 Å². The topological polar surface area (TPSA) is 100 Å². The van der Waals surface area contributed by atoms with Gasteiger partial charge in [-0.25, -0.2) is 0 Å². The number of amides is 2. The molecule has 0 radical (unpaired) electrons. The highest BCUT2D eigenvalue weighted by Crippen LogP contribution is 2.21. The largest absolute Gasteiger partial charge is 0.358 e. The second kappa shape index (κ2) is 9.44. The van der Waals surface area contributed by atoms with Crippen molar-refractivity contribution in [3.8, 4) is 0 Å². The van der Waals surface area contributed by atoms with Gasteiger partial charge in [0.05, 0.1) is 12.6 Å². The van der Waals surface area contributed by atoms with E-state index in [-0.39, 0.29) is 36.7 Å². The van der Waals surface area contributed by atoms with Gasteiger partial charge in [0.1, 0.15) is 0 Å². The first-order chi connectivity index (χ1) is 11.4. The number of hydrogen-bond acceptors (Lipinski definition) is 3. The van der Waals surface area contributed by atoms with Crippen LogP contribution in [0, 0.1) is 12.8 Å². The SMILES string of the molecule is Cc1[nH]c2ccccc2c1CCNC(=O)CNC(=O)[C@@H](N)C(C)C.Cl. The van der Waals surface area contributed by atoms with E-state index in [2.05, 4.69) is 21.7 Å². The summed E-state index contributed by atoms with van der Waals surface area (Å²) in [6, 6.07) is 7.52. The molecule has 1 heterocycles. The predicted octanol–water partition coefficient (Wildman–Crippen LogP) is 1.66. The van der Waals surface area contributed by atoms with Gasteiger partial charge in [-0.15, -0.1) is 12.4 Å². The second-order valence-corrected chi connectivity index (χ2v) is 6.36. The van der Waals surface area contributed by atoms with Crippen molar-refractivity contribution >= 4 is 35.1 Å². The molecule has 2 rings (SSSR count). The lowest BCUT2D eigenvalue weighted by Gasteiger charge is -2.15. The van der Waals surface area contributed by atoms with E-state index in [9.17, 15) is 9.59 Å². The van der Waals surface area contributed by atoms with Crippen molar-refractivity contribution in [3.05, 3.63) is 35.5 Å². The summed E-state index contributed by atoms with van der Waals surface area (Å²) in [6.45, 7) is 6.24. The summed E-state index contributed by atoms with van der Waals surface area (Å²) in [5.41, 5.74) is 9.15. The third kappa shape index (κ3) is 5.47. The van der Waals surface area contributed by atoms with E-state index >= 15 is 0 Å². The number of aryl methyl sites for hydroxylation is 1. The molecule has 0 unspecified atom stereocenters. The molecule has 2 amide bonds. The van der Waals surface area contributed by atoms with Crippen molar-refractivity contribution in [2.24, 2.45) is 11.7 Å². The summed E-state index contributed by atoms with van der Waals surface area (Å²) >= 11 is 0.